The van der Waals surface area contributed by atoms with Crippen molar-refractivity contribution < 1.29 is 58.7 Å². The number of hydrogen-bond donors (Lipinski definition) is 5. The number of nitrogens with zero attached hydrogens (tertiary/aromatic N) is 9. The third kappa shape index (κ3) is 16.0. The lowest BCUT2D eigenvalue weighted by molar-refractivity contribution is -0.318. The largest absolute Gasteiger partial charge is 0.448 e. The smallest absolute Gasteiger partial charge is 0.312 e. The van der Waals surface area contributed by atoms with Crippen LogP contribution >= 0.6 is 22.6 Å². The summed E-state index contributed by atoms with van der Waals surface area (Å²) in [5.41, 5.74) is -0.507. The molecule has 3 fully saturated rings. The number of esters is 1. The number of benzene rings is 1. The fourth-order valence-electron chi connectivity index (χ4n) is 11.7. The Hall–Kier alpha value is -2.82. The summed E-state index contributed by atoms with van der Waals surface area (Å²) in [6, 6.07) is 7.50. The molecule has 3 aliphatic heterocycles. The normalized spacial score (nSPS) is 37.1. The van der Waals surface area contributed by atoms with Crippen molar-refractivity contribution in [1.29, 1.82) is 0 Å². The highest BCUT2D eigenvalue weighted by Crippen LogP contribution is 2.40. The maximum atomic E-state index is 14.4. The number of aliphatic hydroxyl groups is 5. The molecule has 3 aromatic rings. The lowest BCUT2D eigenvalue weighted by Gasteiger charge is -2.49. The van der Waals surface area contributed by atoms with Crippen LogP contribution in [-0.2, 0) is 59.1 Å². The molecule has 3 aliphatic rings. The molecule has 22 heteroatoms. The van der Waals surface area contributed by atoms with Gasteiger partial charge in [-0.15, -0.1) is 10.2 Å². The van der Waals surface area contributed by atoms with Gasteiger partial charge in [0.25, 0.3) is 0 Å². The number of cyclic esters (lactones) is 1. The number of rotatable bonds is 19. The number of aryl methyl sites for hydroxylation is 2. The van der Waals surface area contributed by atoms with E-state index in [9.17, 15) is 30.3 Å². The first-order chi connectivity index (χ1) is 36.7. The molecule has 5 heterocycles. The van der Waals surface area contributed by atoms with E-state index in [1.807, 2.05) is 84.1 Å². The summed E-state index contributed by atoms with van der Waals surface area (Å²) in [4.78, 5) is 20.7. The van der Waals surface area contributed by atoms with Gasteiger partial charge in [0.15, 0.2) is 16.7 Å². The first-order valence-corrected chi connectivity index (χ1v) is 29.5. The Bertz CT molecular complexity index is 2310. The van der Waals surface area contributed by atoms with E-state index in [4.69, 9.17) is 28.4 Å². The van der Waals surface area contributed by atoms with E-state index in [-0.39, 0.29) is 24.9 Å². The molecule has 0 spiro atoms. The third-order valence-corrected chi connectivity index (χ3v) is 18.5. The summed E-state index contributed by atoms with van der Waals surface area (Å²) >= 11 is 1.84. The summed E-state index contributed by atoms with van der Waals surface area (Å²) in [6.45, 7) is 24.5. The Morgan fingerprint density at radius 2 is 1.55 bits per heavy atom. The van der Waals surface area contributed by atoms with Crippen molar-refractivity contribution in [2.45, 2.75) is 223 Å². The van der Waals surface area contributed by atoms with Crippen molar-refractivity contribution in [3.05, 3.63) is 53.6 Å². The van der Waals surface area contributed by atoms with Crippen LogP contribution in [0.2, 0.25) is 0 Å². The zero-order valence-electron chi connectivity index (χ0n) is 48.8. The average molecular weight is 1210 g/mol. The van der Waals surface area contributed by atoms with Gasteiger partial charge in [-0.25, -0.2) is 4.68 Å². The second kappa shape index (κ2) is 28.0. The van der Waals surface area contributed by atoms with Crippen LogP contribution in [0.4, 0.5) is 0 Å². The van der Waals surface area contributed by atoms with Crippen molar-refractivity contribution in [1.82, 2.24) is 44.7 Å². The summed E-state index contributed by atoms with van der Waals surface area (Å²) in [5, 5.41) is 77.1. The van der Waals surface area contributed by atoms with Crippen LogP contribution in [0, 0.1) is 17.8 Å². The van der Waals surface area contributed by atoms with E-state index in [2.05, 4.69) is 68.5 Å². The zero-order chi connectivity index (χ0) is 57.4. The van der Waals surface area contributed by atoms with Crippen molar-refractivity contribution in [2.24, 2.45) is 17.8 Å². The van der Waals surface area contributed by atoms with Crippen LogP contribution < -0.4 is 0 Å². The first kappa shape index (κ1) is 64.3. The van der Waals surface area contributed by atoms with Crippen LogP contribution in [0.25, 0.3) is 5.69 Å². The van der Waals surface area contributed by atoms with Crippen LogP contribution in [-0.4, -0.2) is 212 Å². The van der Waals surface area contributed by atoms with Crippen LogP contribution in [0.15, 0.2) is 36.7 Å². The van der Waals surface area contributed by atoms with Crippen molar-refractivity contribution in [3.8, 4) is 5.69 Å². The molecule has 21 nitrogen and oxygen atoms in total. The lowest BCUT2D eigenvalue weighted by Crippen LogP contribution is -2.60. The minimum Gasteiger partial charge on any atom is -0.448 e. The predicted molar refractivity (Wildman–Crippen MR) is 301 cm³/mol. The van der Waals surface area contributed by atoms with Crippen LogP contribution in [0.5, 0.6) is 0 Å². The number of aromatic nitrogens is 6. The van der Waals surface area contributed by atoms with Gasteiger partial charge in [-0.2, -0.15) is 0 Å². The number of ether oxygens (including phenoxy) is 6. The molecular weight excluding hydrogens is 1120 g/mol. The number of hydrogen-bond acceptors (Lipinski definition) is 19. The second-order valence-electron chi connectivity index (χ2n) is 23.6. The molecule has 0 bridgehead atoms. The van der Waals surface area contributed by atoms with Gasteiger partial charge in [-0.1, -0.05) is 50.3 Å². The van der Waals surface area contributed by atoms with E-state index < -0.39 is 100 Å². The molecule has 1 aromatic carbocycles. The van der Waals surface area contributed by atoms with Gasteiger partial charge in [0.05, 0.1) is 64.8 Å². The topological polar surface area (TPSA) is 245 Å². The van der Waals surface area contributed by atoms with E-state index >= 15 is 0 Å². The number of likely N-dealkylation sites (N-methyl/N-ethyl adjacent to an activating group) is 2. The second-order valence-corrected chi connectivity index (χ2v) is 24.7. The number of aliphatic hydroxyl groups excluding tert-OH is 3. The van der Waals surface area contributed by atoms with Gasteiger partial charge < -0.3 is 63.8 Å². The Balaban J connectivity index is 1.13. The summed E-state index contributed by atoms with van der Waals surface area (Å²) in [7, 11) is 5.30. The highest BCUT2D eigenvalue weighted by Gasteiger charge is 2.53. The van der Waals surface area contributed by atoms with Crippen LogP contribution in [0.1, 0.15) is 125 Å². The maximum absolute atomic E-state index is 14.4. The predicted octanol–water partition coefficient (Wildman–Crippen LogP) is 4.53. The van der Waals surface area contributed by atoms with Gasteiger partial charge in [0, 0.05) is 70.3 Å². The number of methoxy groups -OCH3 is 1. The molecule has 0 saturated carbocycles. The van der Waals surface area contributed by atoms with Gasteiger partial charge in [0.1, 0.15) is 23.9 Å². The van der Waals surface area contributed by atoms with E-state index in [0.717, 1.165) is 62.5 Å². The molecule has 18 atom stereocenters. The molecule has 3 saturated heterocycles. The highest BCUT2D eigenvalue weighted by atomic mass is 127. The summed E-state index contributed by atoms with van der Waals surface area (Å²) < 4.78 is 40.7. The molecule has 0 unspecified atom stereocenters. The minimum absolute atomic E-state index is 0.104. The molecule has 5 N–H and O–H groups in total. The Labute approximate surface area is 476 Å². The molecule has 442 valence electrons. The molecule has 6 rings (SSSR count). The van der Waals surface area contributed by atoms with Gasteiger partial charge >= 0.3 is 5.97 Å². The Morgan fingerprint density at radius 1 is 0.872 bits per heavy atom. The molecular formula is C56H94IN9O12. The summed E-state index contributed by atoms with van der Waals surface area (Å²) in [6.07, 6.45) is -0.643. The maximum Gasteiger partial charge on any atom is 0.312 e. The number of halogens is 1. The number of unbranched alkanes of at least 4 members (excludes halogenated alkanes) is 1. The van der Waals surface area contributed by atoms with Gasteiger partial charge in [-0.05, 0) is 154 Å². The van der Waals surface area contributed by atoms with Crippen LogP contribution in [0.3, 0.4) is 0 Å². The van der Waals surface area contributed by atoms with Crippen molar-refractivity contribution in [2.75, 3.05) is 47.4 Å². The van der Waals surface area contributed by atoms with E-state index in [1.165, 1.54) is 19.6 Å². The average Bonchev–Trinajstić information content (AvgIpc) is 4.08. The van der Waals surface area contributed by atoms with Gasteiger partial charge in [0.2, 0.25) is 0 Å². The van der Waals surface area contributed by atoms with Gasteiger partial charge in [-0.3, -0.25) is 14.4 Å². The quantitative estimate of drug-likeness (QED) is 0.0479. The number of alkyl halides is 1. The fraction of sp³-hybridized carbons (Fsp3) is 0.804. The van der Waals surface area contributed by atoms with E-state index in [0.29, 0.717) is 25.9 Å². The van der Waals surface area contributed by atoms with E-state index in [1.54, 1.807) is 34.6 Å². The molecule has 0 aliphatic carbocycles. The molecule has 0 radical (unpaired) electrons. The SMILES string of the molecule is CCN(CC)Cc1cn(-c2ccc(CCCCn3cc(CCN(C)[C@H]4C[C@@H](C)O[C@@H](O[C@@H]5[C@@H](C)[C@H](O[C@H]6C[C@@](C)(OC)[C@@H](O)[C@H](C)O6)[C@@H](C)C(=O)O[C@H](I)[C@@](C)(O)[C@H](O)[C@@H](C)N(C)C[C@H](C)C[C@@]5(C)O)[C@@H]4O)nn3)cc2)nn1. The lowest BCUT2D eigenvalue weighted by atomic mass is 9.77. The molecule has 2 aromatic heterocycles. The minimum atomic E-state index is -1.86. The Kier molecular flexibility index (Phi) is 23.1. The fourth-order valence-corrected chi connectivity index (χ4v) is 12.3. The standard InChI is InChI=1S/C56H94IN9O12/c1-15-64(16-2)31-42-33-66(61-59-42)43-22-20-40(21-23-43)19-17-18-25-65-32-41(58-60-65)24-26-62(12)44-27-35(4)74-52(46(44)67)77-50-36(5)47(76-45-29-55(10,73-14)49(69)39(8)75-45)37(6)51(70)78-53(57)56(11,72)48(68)38(7)63(13)30-34(3)28-54(50,9)71/h20-23,32-39,44-50,52-53,67-69,71-72H,15-19,24-31H2,1-14H3/t34-,35-,36+,37-,38-,39+,44+,45+,46-,47+,48-,49+,50-,52+,53+,54-,55-,56+/m1/s1. The monoisotopic (exact) mass is 1210 g/mol. The zero-order valence-corrected chi connectivity index (χ0v) is 51.0. The molecule has 78 heavy (non-hydrogen) atoms. The highest BCUT2D eigenvalue weighted by molar-refractivity contribution is 14.1. The number of carbonyl (C=O) groups is 1. The first-order valence-electron chi connectivity index (χ1n) is 28.2. The summed E-state index contributed by atoms with van der Waals surface area (Å²) in [5.74, 6) is -2.79. The third-order valence-electron chi connectivity index (χ3n) is 16.9. The number of carbonyl (C=O) groups excluding carboxylic acids is 1. The van der Waals surface area contributed by atoms with Crippen molar-refractivity contribution in [3.63, 3.8) is 0 Å². The molecule has 0 amide bonds. The van der Waals surface area contributed by atoms with Crippen molar-refractivity contribution >= 4 is 28.6 Å². The Morgan fingerprint density at radius 3 is 2.22 bits per heavy atom.